The molecule has 2 amide bonds. The van der Waals surface area contributed by atoms with Gasteiger partial charge in [0.15, 0.2) is 5.76 Å². The van der Waals surface area contributed by atoms with Gasteiger partial charge in [0, 0.05) is 23.8 Å². The number of benzene rings is 1. The molecule has 8 nitrogen and oxygen atoms in total. The Kier molecular flexibility index (Phi) is 6.42. The van der Waals surface area contributed by atoms with E-state index in [4.69, 9.17) is 4.42 Å². The van der Waals surface area contributed by atoms with Crippen molar-refractivity contribution in [3.63, 3.8) is 0 Å². The molecular formula is C21H25N3O5S. The van der Waals surface area contributed by atoms with Crippen LogP contribution in [0.2, 0.25) is 0 Å². The summed E-state index contributed by atoms with van der Waals surface area (Å²) in [4.78, 5) is 23.8. The standard InChI is InChI=1S/C21H25N3O5S/c1-4-20(25)22-17-12-14(2)24(15(3)13-17)30(27,28)18-9-7-16(8-10-18)23-21(26)19-6-5-11-29-19/h4-11,14-15,17H,1,12-13H2,2-3H3,(H,22,25)(H,23,26). The minimum atomic E-state index is -3.74. The fraction of sp³-hybridized carbons (Fsp3) is 0.333. The van der Waals surface area contributed by atoms with Crippen molar-refractivity contribution in [1.82, 2.24) is 9.62 Å². The minimum Gasteiger partial charge on any atom is -0.459 e. The normalized spacial score (nSPS) is 22.3. The van der Waals surface area contributed by atoms with Gasteiger partial charge in [-0.1, -0.05) is 6.58 Å². The highest BCUT2D eigenvalue weighted by Gasteiger charge is 2.39. The molecule has 30 heavy (non-hydrogen) atoms. The van der Waals surface area contributed by atoms with E-state index in [1.165, 1.54) is 34.8 Å². The van der Waals surface area contributed by atoms with Gasteiger partial charge >= 0.3 is 0 Å². The Labute approximate surface area is 176 Å². The number of amides is 2. The monoisotopic (exact) mass is 431 g/mol. The third kappa shape index (κ3) is 4.63. The summed E-state index contributed by atoms with van der Waals surface area (Å²) in [6.07, 6.45) is 3.64. The van der Waals surface area contributed by atoms with E-state index in [-0.39, 0.29) is 34.7 Å². The number of piperidine rings is 1. The number of anilines is 1. The van der Waals surface area contributed by atoms with Crippen LogP contribution in [0.1, 0.15) is 37.2 Å². The number of hydrogen-bond donors (Lipinski definition) is 2. The molecule has 0 bridgehead atoms. The number of sulfonamides is 1. The first kappa shape index (κ1) is 21.8. The Hall–Kier alpha value is -2.91. The van der Waals surface area contributed by atoms with Crippen LogP contribution < -0.4 is 10.6 Å². The molecule has 1 aromatic heterocycles. The number of carbonyl (C=O) groups is 2. The van der Waals surface area contributed by atoms with E-state index in [0.717, 1.165) is 0 Å². The number of nitrogens with zero attached hydrogens (tertiary/aromatic N) is 1. The molecule has 2 aromatic rings. The molecule has 160 valence electrons. The summed E-state index contributed by atoms with van der Waals surface area (Å²) >= 11 is 0. The average Bonchev–Trinajstić information content (AvgIpc) is 3.22. The molecule has 0 spiro atoms. The van der Waals surface area contributed by atoms with Crippen molar-refractivity contribution in [2.75, 3.05) is 5.32 Å². The van der Waals surface area contributed by atoms with Crippen LogP contribution in [0.5, 0.6) is 0 Å². The molecule has 9 heteroatoms. The zero-order chi connectivity index (χ0) is 21.9. The molecule has 1 saturated heterocycles. The highest BCUT2D eigenvalue weighted by Crippen LogP contribution is 2.30. The summed E-state index contributed by atoms with van der Waals surface area (Å²) in [5.41, 5.74) is 0.460. The van der Waals surface area contributed by atoms with E-state index in [0.29, 0.717) is 18.5 Å². The lowest BCUT2D eigenvalue weighted by Crippen LogP contribution is -2.54. The molecule has 0 radical (unpaired) electrons. The summed E-state index contributed by atoms with van der Waals surface area (Å²) in [5.74, 6) is -0.509. The summed E-state index contributed by atoms with van der Waals surface area (Å²) in [6.45, 7) is 7.11. The third-order valence-electron chi connectivity index (χ3n) is 5.08. The maximum Gasteiger partial charge on any atom is 0.291 e. The van der Waals surface area contributed by atoms with Gasteiger partial charge in [-0.3, -0.25) is 9.59 Å². The van der Waals surface area contributed by atoms with Crippen molar-refractivity contribution >= 4 is 27.5 Å². The first-order valence-corrected chi connectivity index (χ1v) is 11.1. The number of hydrogen-bond acceptors (Lipinski definition) is 5. The van der Waals surface area contributed by atoms with Crippen LogP contribution in [0.3, 0.4) is 0 Å². The lowest BCUT2D eigenvalue weighted by Gasteiger charge is -2.41. The first-order chi connectivity index (χ1) is 14.2. The maximum atomic E-state index is 13.2. The molecule has 1 fully saturated rings. The third-order valence-corrected chi connectivity index (χ3v) is 7.23. The van der Waals surface area contributed by atoms with Gasteiger partial charge in [-0.25, -0.2) is 8.42 Å². The summed E-state index contributed by atoms with van der Waals surface area (Å²) in [6, 6.07) is 8.50. The molecule has 3 rings (SSSR count). The number of nitrogens with one attached hydrogen (secondary N) is 2. The second-order valence-electron chi connectivity index (χ2n) is 7.37. The SMILES string of the molecule is C=CC(=O)NC1CC(C)N(S(=O)(=O)c2ccc(NC(=O)c3ccco3)cc2)C(C)C1. The Morgan fingerprint density at radius 1 is 1.13 bits per heavy atom. The molecular weight excluding hydrogens is 406 g/mol. The van der Waals surface area contributed by atoms with Crippen molar-refractivity contribution in [1.29, 1.82) is 0 Å². The molecule has 2 atom stereocenters. The zero-order valence-electron chi connectivity index (χ0n) is 16.9. The van der Waals surface area contributed by atoms with Crippen LogP contribution in [-0.2, 0) is 14.8 Å². The highest BCUT2D eigenvalue weighted by molar-refractivity contribution is 7.89. The lowest BCUT2D eigenvalue weighted by atomic mass is 9.95. The quantitative estimate of drug-likeness (QED) is 0.684. The first-order valence-electron chi connectivity index (χ1n) is 9.63. The van der Waals surface area contributed by atoms with Gasteiger partial charge in [-0.05, 0) is 69.2 Å². The smallest absolute Gasteiger partial charge is 0.291 e. The van der Waals surface area contributed by atoms with Crippen LogP contribution in [0.15, 0.2) is 64.6 Å². The Morgan fingerprint density at radius 3 is 2.30 bits per heavy atom. The van der Waals surface area contributed by atoms with E-state index in [1.807, 2.05) is 13.8 Å². The van der Waals surface area contributed by atoms with Crippen molar-refractivity contribution in [3.8, 4) is 0 Å². The van der Waals surface area contributed by atoms with Gasteiger partial charge in [0.05, 0.1) is 11.2 Å². The van der Waals surface area contributed by atoms with Gasteiger partial charge in [-0.2, -0.15) is 4.31 Å². The predicted octanol–water partition coefficient (Wildman–Crippen LogP) is 2.76. The van der Waals surface area contributed by atoms with Crippen molar-refractivity contribution in [3.05, 3.63) is 61.1 Å². The van der Waals surface area contributed by atoms with E-state index < -0.39 is 15.9 Å². The Bertz CT molecular complexity index is 1000. The molecule has 0 aliphatic carbocycles. The van der Waals surface area contributed by atoms with Gasteiger partial charge in [-0.15, -0.1) is 0 Å². The van der Waals surface area contributed by atoms with E-state index in [9.17, 15) is 18.0 Å². The number of carbonyl (C=O) groups excluding carboxylic acids is 2. The van der Waals surface area contributed by atoms with Gasteiger partial charge < -0.3 is 15.1 Å². The topological polar surface area (TPSA) is 109 Å². The van der Waals surface area contributed by atoms with Crippen LogP contribution in [-0.4, -0.2) is 42.7 Å². The van der Waals surface area contributed by atoms with Crippen LogP contribution in [0.4, 0.5) is 5.69 Å². The molecule has 2 N–H and O–H groups in total. The molecule has 0 saturated carbocycles. The van der Waals surface area contributed by atoms with E-state index >= 15 is 0 Å². The largest absolute Gasteiger partial charge is 0.459 e. The van der Waals surface area contributed by atoms with Crippen LogP contribution >= 0.6 is 0 Å². The maximum absolute atomic E-state index is 13.2. The minimum absolute atomic E-state index is 0.105. The molecule has 1 aromatic carbocycles. The van der Waals surface area contributed by atoms with Crippen LogP contribution in [0.25, 0.3) is 0 Å². The van der Waals surface area contributed by atoms with E-state index in [1.54, 1.807) is 18.2 Å². The fourth-order valence-electron chi connectivity index (χ4n) is 3.85. The van der Waals surface area contributed by atoms with E-state index in [2.05, 4.69) is 17.2 Å². The van der Waals surface area contributed by atoms with Crippen molar-refractivity contribution in [2.45, 2.75) is 49.7 Å². The molecule has 1 aliphatic rings. The number of rotatable bonds is 6. The lowest BCUT2D eigenvalue weighted by molar-refractivity contribution is -0.117. The number of furan rings is 1. The molecule has 1 aliphatic heterocycles. The Morgan fingerprint density at radius 2 is 1.77 bits per heavy atom. The predicted molar refractivity (Wildman–Crippen MR) is 112 cm³/mol. The van der Waals surface area contributed by atoms with Gasteiger partial charge in [0.25, 0.3) is 5.91 Å². The zero-order valence-corrected chi connectivity index (χ0v) is 17.7. The second kappa shape index (κ2) is 8.85. The van der Waals surface area contributed by atoms with Crippen molar-refractivity contribution < 1.29 is 22.4 Å². The average molecular weight is 432 g/mol. The second-order valence-corrected chi connectivity index (χ2v) is 9.21. The van der Waals surface area contributed by atoms with Gasteiger partial charge in [0.2, 0.25) is 15.9 Å². The fourth-order valence-corrected chi connectivity index (χ4v) is 5.69. The molecule has 2 heterocycles. The molecule has 2 unspecified atom stereocenters. The summed E-state index contributed by atoms with van der Waals surface area (Å²) < 4.78 is 33.0. The Balaban J connectivity index is 1.72. The van der Waals surface area contributed by atoms with Gasteiger partial charge in [0.1, 0.15) is 0 Å². The summed E-state index contributed by atoms with van der Waals surface area (Å²) in [7, 11) is -3.74. The van der Waals surface area contributed by atoms with Crippen molar-refractivity contribution in [2.24, 2.45) is 0 Å². The summed E-state index contributed by atoms with van der Waals surface area (Å²) in [5, 5.41) is 5.51. The van der Waals surface area contributed by atoms with Crippen LogP contribution in [0, 0.1) is 0 Å². The highest BCUT2D eigenvalue weighted by atomic mass is 32.2.